The Bertz CT molecular complexity index is 593. The summed E-state index contributed by atoms with van der Waals surface area (Å²) in [5.74, 6) is 0.955. The van der Waals surface area contributed by atoms with Gasteiger partial charge in [0.1, 0.15) is 12.4 Å². The van der Waals surface area contributed by atoms with Crippen LogP contribution in [-0.4, -0.2) is 25.2 Å². The van der Waals surface area contributed by atoms with Crippen LogP contribution in [0.2, 0.25) is 0 Å². The van der Waals surface area contributed by atoms with E-state index in [1.54, 1.807) is 6.20 Å². The lowest BCUT2D eigenvalue weighted by molar-refractivity contribution is 0.311. The molecule has 96 valence electrons. The first-order valence-electron chi connectivity index (χ1n) is 6.40. The molecule has 1 aliphatic heterocycles. The molecule has 0 bridgehead atoms. The smallest absolute Gasteiger partial charge is 0.143 e. The zero-order valence-corrected chi connectivity index (χ0v) is 10.9. The highest BCUT2D eigenvalue weighted by molar-refractivity contribution is 5.72. The number of fused-ring (bicyclic) bond motifs is 1. The highest BCUT2D eigenvalue weighted by atomic mass is 16.5. The Morgan fingerprint density at radius 3 is 3.00 bits per heavy atom. The van der Waals surface area contributed by atoms with E-state index in [4.69, 9.17) is 4.74 Å². The Balaban J connectivity index is 1.85. The number of hydrogen-bond donors (Lipinski definition) is 0. The number of benzene rings is 1. The van der Waals surface area contributed by atoms with Gasteiger partial charge in [0.15, 0.2) is 0 Å². The summed E-state index contributed by atoms with van der Waals surface area (Å²) >= 11 is 0. The number of nitrogens with zero attached hydrogens (tertiary/aromatic N) is 2. The number of likely N-dealkylation sites (N-methyl/N-ethyl adjacent to an activating group) is 1. The Labute approximate surface area is 113 Å². The van der Waals surface area contributed by atoms with Crippen molar-refractivity contribution >= 4 is 17.8 Å². The molecule has 0 radical (unpaired) electrons. The van der Waals surface area contributed by atoms with E-state index in [0.29, 0.717) is 0 Å². The van der Waals surface area contributed by atoms with E-state index in [2.05, 4.69) is 41.2 Å². The van der Waals surface area contributed by atoms with Crippen LogP contribution in [0.5, 0.6) is 5.75 Å². The van der Waals surface area contributed by atoms with Crippen LogP contribution in [0.4, 0.5) is 5.69 Å². The predicted molar refractivity (Wildman–Crippen MR) is 78.4 cm³/mol. The third kappa shape index (κ3) is 2.60. The average Bonchev–Trinajstić information content (AvgIpc) is 2.46. The largest absolute Gasteiger partial charge is 0.490 e. The van der Waals surface area contributed by atoms with Crippen LogP contribution in [0, 0.1) is 0 Å². The van der Waals surface area contributed by atoms with Crippen molar-refractivity contribution in [3.05, 3.63) is 53.9 Å². The summed E-state index contributed by atoms with van der Waals surface area (Å²) in [6, 6.07) is 12.2. The number of aromatic nitrogens is 1. The third-order valence-corrected chi connectivity index (χ3v) is 3.21. The van der Waals surface area contributed by atoms with Crippen molar-refractivity contribution < 1.29 is 4.74 Å². The van der Waals surface area contributed by atoms with Gasteiger partial charge in [0.25, 0.3) is 0 Å². The van der Waals surface area contributed by atoms with Gasteiger partial charge < -0.3 is 9.64 Å². The fraction of sp³-hybridized carbons (Fsp3) is 0.188. The molecule has 0 spiro atoms. The molecule has 3 nitrogen and oxygen atoms in total. The molecule has 0 N–H and O–H groups in total. The summed E-state index contributed by atoms with van der Waals surface area (Å²) in [6.07, 6.45) is 5.86. The zero-order valence-electron chi connectivity index (χ0n) is 10.9. The van der Waals surface area contributed by atoms with Crippen LogP contribution in [0.3, 0.4) is 0 Å². The van der Waals surface area contributed by atoms with E-state index in [-0.39, 0.29) is 0 Å². The fourth-order valence-corrected chi connectivity index (χ4v) is 2.13. The van der Waals surface area contributed by atoms with Gasteiger partial charge in [-0.05, 0) is 35.9 Å². The van der Waals surface area contributed by atoms with Gasteiger partial charge >= 0.3 is 0 Å². The highest BCUT2D eigenvalue weighted by Gasteiger charge is 2.14. The Morgan fingerprint density at radius 2 is 2.16 bits per heavy atom. The minimum atomic E-state index is 0.747. The molecule has 3 rings (SSSR count). The van der Waals surface area contributed by atoms with Crippen LogP contribution in [0.15, 0.2) is 42.6 Å². The molecule has 1 aromatic heterocycles. The molecular formula is C16H16N2O. The van der Waals surface area contributed by atoms with Crippen molar-refractivity contribution in [2.45, 2.75) is 0 Å². The number of anilines is 1. The topological polar surface area (TPSA) is 25.4 Å². The van der Waals surface area contributed by atoms with Crippen molar-refractivity contribution in [3.63, 3.8) is 0 Å². The normalized spacial score (nSPS) is 14.3. The molecule has 19 heavy (non-hydrogen) atoms. The molecule has 0 saturated heterocycles. The summed E-state index contributed by atoms with van der Waals surface area (Å²) in [4.78, 5) is 6.48. The van der Waals surface area contributed by atoms with Gasteiger partial charge in [0.05, 0.1) is 17.9 Å². The summed E-state index contributed by atoms with van der Waals surface area (Å²) < 4.78 is 5.70. The average molecular weight is 252 g/mol. The van der Waals surface area contributed by atoms with Crippen molar-refractivity contribution in [2.24, 2.45) is 0 Å². The summed E-state index contributed by atoms with van der Waals surface area (Å²) in [7, 11) is 2.09. The number of rotatable bonds is 2. The second kappa shape index (κ2) is 5.14. The quantitative estimate of drug-likeness (QED) is 0.821. The van der Waals surface area contributed by atoms with Crippen LogP contribution in [0.25, 0.3) is 12.2 Å². The molecule has 0 saturated carbocycles. The van der Waals surface area contributed by atoms with Crippen LogP contribution in [0.1, 0.15) is 11.3 Å². The molecular weight excluding hydrogens is 236 g/mol. The van der Waals surface area contributed by atoms with Crippen molar-refractivity contribution in [1.29, 1.82) is 0 Å². The van der Waals surface area contributed by atoms with Gasteiger partial charge in [-0.3, -0.25) is 4.98 Å². The molecule has 3 heteroatoms. The minimum Gasteiger partial charge on any atom is -0.490 e. The molecule has 1 aliphatic rings. The second-order valence-corrected chi connectivity index (χ2v) is 4.59. The first kappa shape index (κ1) is 11.8. The lowest BCUT2D eigenvalue weighted by atomic mass is 10.1. The van der Waals surface area contributed by atoms with E-state index in [1.165, 1.54) is 0 Å². The molecule has 0 aliphatic carbocycles. The van der Waals surface area contributed by atoms with Crippen molar-refractivity contribution in [3.8, 4) is 5.75 Å². The van der Waals surface area contributed by atoms with Gasteiger partial charge in [0, 0.05) is 13.2 Å². The number of hydrogen-bond acceptors (Lipinski definition) is 3. The minimum absolute atomic E-state index is 0.747. The second-order valence-electron chi connectivity index (χ2n) is 4.59. The summed E-state index contributed by atoms with van der Waals surface area (Å²) in [5, 5.41) is 0. The predicted octanol–water partition coefficient (Wildman–Crippen LogP) is 3.08. The molecule has 0 unspecified atom stereocenters. The summed E-state index contributed by atoms with van der Waals surface area (Å²) in [5.41, 5.74) is 3.24. The van der Waals surface area contributed by atoms with Gasteiger partial charge in [-0.25, -0.2) is 0 Å². The first-order valence-corrected chi connectivity index (χ1v) is 6.40. The Hall–Kier alpha value is -2.29. The molecule has 1 aromatic carbocycles. The standard InChI is InChI=1S/C16H16N2O/c1-18-10-11-19-16-12-13(6-8-15(16)18)5-7-14-4-2-3-9-17-14/h2-9,12H,10-11H2,1H3/b7-5+. The van der Waals surface area contributed by atoms with Gasteiger partial charge in [-0.1, -0.05) is 18.2 Å². The lowest BCUT2D eigenvalue weighted by Crippen LogP contribution is -2.28. The van der Waals surface area contributed by atoms with Crippen LogP contribution < -0.4 is 9.64 Å². The van der Waals surface area contributed by atoms with E-state index in [0.717, 1.165) is 35.8 Å². The fourth-order valence-electron chi connectivity index (χ4n) is 2.13. The molecule has 2 aromatic rings. The molecule has 2 heterocycles. The van der Waals surface area contributed by atoms with Crippen molar-refractivity contribution in [2.75, 3.05) is 25.1 Å². The SMILES string of the molecule is CN1CCOc2cc(/C=C/c3ccccn3)ccc21. The Morgan fingerprint density at radius 1 is 1.21 bits per heavy atom. The number of pyridine rings is 1. The maximum absolute atomic E-state index is 5.70. The summed E-state index contributed by atoms with van der Waals surface area (Å²) in [6.45, 7) is 1.69. The maximum Gasteiger partial charge on any atom is 0.143 e. The van der Waals surface area contributed by atoms with E-state index in [9.17, 15) is 0 Å². The number of ether oxygens (including phenoxy) is 1. The van der Waals surface area contributed by atoms with E-state index >= 15 is 0 Å². The van der Waals surface area contributed by atoms with Crippen LogP contribution >= 0.6 is 0 Å². The first-order chi connectivity index (χ1) is 9.33. The third-order valence-electron chi connectivity index (χ3n) is 3.21. The van der Waals surface area contributed by atoms with Gasteiger partial charge in [-0.15, -0.1) is 0 Å². The van der Waals surface area contributed by atoms with E-state index < -0.39 is 0 Å². The van der Waals surface area contributed by atoms with Crippen molar-refractivity contribution in [1.82, 2.24) is 4.98 Å². The molecule has 0 atom stereocenters. The Kier molecular flexibility index (Phi) is 3.19. The highest BCUT2D eigenvalue weighted by Crippen LogP contribution is 2.31. The zero-order chi connectivity index (χ0) is 13.1. The molecule has 0 amide bonds. The monoisotopic (exact) mass is 252 g/mol. The maximum atomic E-state index is 5.70. The van der Waals surface area contributed by atoms with E-state index in [1.807, 2.05) is 24.3 Å². The van der Waals surface area contributed by atoms with Gasteiger partial charge in [-0.2, -0.15) is 0 Å². The van der Waals surface area contributed by atoms with Gasteiger partial charge in [0.2, 0.25) is 0 Å². The lowest BCUT2D eigenvalue weighted by Gasteiger charge is -2.27. The molecule has 0 fully saturated rings. The van der Waals surface area contributed by atoms with Crippen LogP contribution in [-0.2, 0) is 0 Å².